The van der Waals surface area contributed by atoms with Crippen molar-refractivity contribution in [1.82, 2.24) is 0 Å². The second-order valence-electron chi connectivity index (χ2n) is 6.44. The molecule has 0 radical (unpaired) electrons. The van der Waals surface area contributed by atoms with E-state index in [1.807, 2.05) is 0 Å². The molecule has 0 aromatic heterocycles. The molecule has 0 saturated heterocycles. The van der Waals surface area contributed by atoms with Gasteiger partial charge in [-0.1, -0.05) is 47.0 Å². The molecule has 2 rings (SSSR count). The van der Waals surface area contributed by atoms with Gasteiger partial charge in [-0.2, -0.15) is 0 Å². The highest BCUT2D eigenvalue weighted by Gasteiger charge is 2.12. The molecule has 1 unspecified atom stereocenters. The van der Waals surface area contributed by atoms with Crippen molar-refractivity contribution >= 4 is 0 Å². The Balaban J connectivity index is 2.13. The van der Waals surface area contributed by atoms with Gasteiger partial charge in [0.05, 0.1) is 6.10 Å². The summed E-state index contributed by atoms with van der Waals surface area (Å²) in [4.78, 5) is 0. The maximum Gasteiger partial charge on any atom is 0.0621 e. The minimum Gasteiger partial charge on any atom is -0.392 e. The van der Waals surface area contributed by atoms with Gasteiger partial charge in [0.1, 0.15) is 0 Å². The Morgan fingerprint density at radius 2 is 1.19 bits per heavy atom. The molecule has 0 aliphatic carbocycles. The number of hydrogen-bond donors (Lipinski definition) is 1. The zero-order chi connectivity index (χ0) is 15.6. The summed E-state index contributed by atoms with van der Waals surface area (Å²) in [5.41, 5.74) is 8.90. The summed E-state index contributed by atoms with van der Waals surface area (Å²) >= 11 is 0. The lowest BCUT2D eigenvalue weighted by Crippen LogP contribution is -2.16. The minimum atomic E-state index is -0.327. The molecule has 0 aliphatic rings. The first-order chi connectivity index (χ1) is 9.85. The average molecular weight is 282 g/mol. The van der Waals surface area contributed by atoms with E-state index in [0.29, 0.717) is 0 Å². The van der Waals surface area contributed by atoms with Gasteiger partial charge >= 0.3 is 0 Å². The molecule has 0 bridgehead atoms. The summed E-state index contributed by atoms with van der Waals surface area (Å²) in [7, 11) is 0. The number of benzene rings is 2. The second-order valence-corrected chi connectivity index (χ2v) is 6.44. The van der Waals surface area contributed by atoms with Gasteiger partial charge < -0.3 is 5.11 Å². The number of rotatable bonds is 4. The predicted octanol–water partition coefficient (Wildman–Crippen LogP) is 4.37. The third-order valence-corrected chi connectivity index (χ3v) is 4.03. The fourth-order valence-corrected chi connectivity index (χ4v) is 3.30. The van der Waals surface area contributed by atoms with Crippen LogP contribution in [0.25, 0.3) is 0 Å². The predicted molar refractivity (Wildman–Crippen MR) is 90.0 cm³/mol. The van der Waals surface area contributed by atoms with Crippen molar-refractivity contribution in [2.75, 3.05) is 0 Å². The smallest absolute Gasteiger partial charge is 0.0621 e. The normalized spacial score (nSPS) is 12.5. The molecule has 2 aromatic carbocycles. The fourth-order valence-electron chi connectivity index (χ4n) is 3.30. The number of aryl methyl sites for hydroxylation is 5. The van der Waals surface area contributed by atoms with Crippen LogP contribution in [0.5, 0.6) is 0 Å². The minimum absolute atomic E-state index is 0.327. The molecule has 0 amide bonds. The zero-order valence-corrected chi connectivity index (χ0v) is 13.8. The summed E-state index contributed by atoms with van der Waals surface area (Å²) in [6.45, 7) is 10.6. The lowest BCUT2D eigenvalue weighted by atomic mass is 9.92. The highest BCUT2D eigenvalue weighted by molar-refractivity contribution is 5.38. The Labute approximate surface area is 128 Å². The van der Waals surface area contributed by atoms with Gasteiger partial charge in [-0.3, -0.25) is 0 Å². The Hall–Kier alpha value is -1.60. The molecular weight excluding hydrogens is 256 g/mol. The van der Waals surface area contributed by atoms with Crippen LogP contribution in [0.2, 0.25) is 0 Å². The molecule has 0 spiro atoms. The van der Waals surface area contributed by atoms with Crippen molar-refractivity contribution < 1.29 is 5.11 Å². The first-order valence-electron chi connectivity index (χ1n) is 7.67. The molecule has 2 aromatic rings. The molecule has 0 saturated carbocycles. The van der Waals surface area contributed by atoms with E-state index in [-0.39, 0.29) is 6.10 Å². The lowest BCUT2D eigenvalue weighted by molar-refractivity contribution is 0.175. The third kappa shape index (κ3) is 4.18. The van der Waals surface area contributed by atoms with Gasteiger partial charge in [0.2, 0.25) is 0 Å². The summed E-state index contributed by atoms with van der Waals surface area (Å²) < 4.78 is 0. The Morgan fingerprint density at radius 1 is 0.714 bits per heavy atom. The van der Waals surface area contributed by atoms with Crippen molar-refractivity contribution in [3.63, 3.8) is 0 Å². The van der Waals surface area contributed by atoms with E-state index in [4.69, 9.17) is 0 Å². The van der Waals surface area contributed by atoms with Gasteiger partial charge in [0.15, 0.2) is 0 Å². The molecule has 1 N–H and O–H groups in total. The molecule has 1 heteroatoms. The standard InChI is InChI=1S/C20H26O/c1-13-6-14(2)10-18(9-13)11-19(21)12-20-16(4)7-15(3)8-17(20)5/h6-10,19,21H,11-12H2,1-5H3. The Kier molecular flexibility index (Phi) is 4.84. The number of aliphatic hydroxyl groups is 1. The fraction of sp³-hybridized carbons (Fsp3) is 0.400. The highest BCUT2D eigenvalue weighted by Crippen LogP contribution is 2.20. The third-order valence-electron chi connectivity index (χ3n) is 4.03. The van der Waals surface area contributed by atoms with E-state index >= 15 is 0 Å². The van der Waals surface area contributed by atoms with Crippen molar-refractivity contribution in [3.8, 4) is 0 Å². The maximum absolute atomic E-state index is 10.5. The van der Waals surface area contributed by atoms with Crippen LogP contribution < -0.4 is 0 Å². The lowest BCUT2D eigenvalue weighted by Gasteiger charge is -2.16. The van der Waals surface area contributed by atoms with E-state index in [2.05, 4.69) is 65.0 Å². The van der Waals surface area contributed by atoms with Crippen LogP contribution in [0.4, 0.5) is 0 Å². The van der Waals surface area contributed by atoms with Crippen LogP contribution in [-0.2, 0) is 12.8 Å². The van der Waals surface area contributed by atoms with E-state index in [9.17, 15) is 5.11 Å². The Morgan fingerprint density at radius 3 is 1.71 bits per heavy atom. The monoisotopic (exact) mass is 282 g/mol. The summed E-state index contributed by atoms with van der Waals surface area (Å²) in [6, 6.07) is 10.9. The summed E-state index contributed by atoms with van der Waals surface area (Å²) in [5.74, 6) is 0. The SMILES string of the molecule is Cc1cc(C)cc(CC(O)Cc2c(C)cc(C)cc2C)c1. The highest BCUT2D eigenvalue weighted by atomic mass is 16.3. The van der Waals surface area contributed by atoms with Crippen LogP contribution in [0.1, 0.15) is 38.9 Å². The van der Waals surface area contributed by atoms with E-state index in [0.717, 1.165) is 12.8 Å². The van der Waals surface area contributed by atoms with Crippen molar-refractivity contribution in [2.45, 2.75) is 53.6 Å². The van der Waals surface area contributed by atoms with E-state index in [1.54, 1.807) is 0 Å². The summed E-state index contributed by atoms with van der Waals surface area (Å²) in [5, 5.41) is 10.5. The Bertz CT molecular complexity index is 597. The van der Waals surface area contributed by atoms with Crippen LogP contribution in [0.3, 0.4) is 0 Å². The van der Waals surface area contributed by atoms with Crippen LogP contribution in [0, 0.1) is 34.6 Å². The molecule has 112 valence electrons. The number of hydrogen-bond acceptors (Lipinski definition) is 1. The number of aliphatic hydroxyl groups excluding tert-OH is 1. The molecule has 1 atom stereocenters. The van der Waals surface area contributed by atoms with Gasteiger partial charge in [0.25, 0.3) is 0 Å². The quantitative estimate of drug-likeness (QED) is 0.882. The molecule has 0 heterocycles. The molecule has 0 aliphatic heterocycles. The van der Waals surface area contributed by atoms with Gasteiger partial charge in [-0.15, -0.1) is 0 Å². The molecular formula is C20H26O. The second kappa shape index (κ2) is 6.44. The van der Waals surface area contributed by atoms with Crippen molar-refractivity contribution in [1.29, 1.82) is 0 Å². The van der Waals surface area contributed by atoms with Crippen molar-refractivity contribution in [2.24, 2.45) is 0 Å². The first kappa shape index (κ1) is 15.8. The maximum atomic E-state index is 10.5. The van der Waals surface area contributed by atoms with Crippen molar-refractivity contribution in [3.05, 3.63) is 69.3 Å². The summed E-state index contributed by atoms with van der Waals surface area (Å²) in [6.07, 6.45) is 1.12. The largest absolute Gasteiger partial charge is 0.392 e. The van der Waals surface area contributed by atoms with Crippen LogP contribution >= 0.6 is 0 Å². The molecule has 0 fully saturated rings. The van der Waals surface area contributed by atoms with Gasteiger partial charge in [-0.25, -0.2) is 0 Å². The van der Waals surface area contributed by atoms with Crippen LogP contribution in [-0.4, -0.2) is 11.2 Å². The topological polar surface area (TPSA) is 20.2 Å². The molecule has 21 heavy (non-hydrogen) atoms. The van der Waals surface area contributed by atoms with Crippen LogP contribution in [0.15, 0.2) is 30.3 Å². The molecule has 1 nitrogen and oxygen atoms in total. The van der Waals surface area contributed by atoms with E-state index < -0.39 is 0 Å². The first-order valence-corrected chi connectivity index (χ1v) is 7.67. The van der Waals surface area contributed by atoms with Gasteiger partial charge in [0, 0.05) is 0 Å². The average Bonchev–Trinajstić information content (AvgIpc) is 2.32. The van der Waals surface area contributed by atoms with E-state index in [1.165, 1.54) is 38.9 Å². The van der Waals surface area contributed by atoms with Gasteiger partial charge in [-0.05, 0) is 69.7 Å². The zero-order valence-electron chi connectivity index (χ0n) is 13.8.